The Morgan fingerprint density at radius 3 is 2.47 bits per heavy atom. The molecule has 1 aromatic carbocycles. The molecule has 4 heteroatoms. The fourth-order valence-electron chi connectivity index (χ4n) is 1.66. The highest BCUT2D eigenvalue weighted by Gasteiger charge is 2.23. The summed E-state index contributed by atoms with van der Waals surface area (Å²) in [5, 5.41) is 2.60. The van der Waals surface area contributed by atoms with Crippen LogP contribution in [-0.2, 0) is 14.3 Å². The average molecular weight is 235 g/mol. The maximum Gasteiger partial charge on any atom is 0.333 e. The van der Waals surface area contributed by atoms with Gasteiger partial charge in [-0.25, -0.2) is 4.79 Å². The average Bonchev–Trinajstić information content (AvgIpc) is 2.28. The summed E-state index contributed by atoms with van der Waals surface area (Å²) in [6.45, 7) is 5.21. The number of ether oxygens (including phenoxy) is 1. The van der Waals surface area contributed by atoms with Crippen molar-refractivity contribution in [2.75, 3.05) is 7.11 Å². The lowest BCUT2D eigenvalue weighted by Crippen LogP contribution is -2.33. The molecule has 1 rings (SSSR count). The van der Waals surface area contributed by atoms with Gasteiger partial charge in [0.05, 0.1) is 7.11 Å². The van der Waals surface area contributed by atoms with Crippen LogP contribution in [-0.4, -0.2) is 19.0 Å². The van der Waals surface area contributed by atoms with Crippen LogP contribution in [0.1, 0.15) is 29.7 Å². The molecule has 1 amide bonds. The molecule has 0 aliphatic heterocycles. The molecule has 92 valence electrons. The van der Waals surface area contributed by atoms with Crippen LogP contribution in [0.4, 0.5) is 0 Å². The summed E-state index contributed by atoms with van der Waals surface area (Å²) in [5.74, 6) is -0.727. The summed E-state index contributed by atoms with van der Waals surface area (Å²) >= 11 is 0. The number of carbonyl (C=O) groups excluding carboxylic acids is 2. The molecule has 4 nitrogen and oxygen atoms in total. The largest absolute Gasteiger partial charge is 0.467 e. The van der Waals surface area contributed by atoms with Gasteiger partial charge in [-0.3, -0.25) is 4.79 Å². The van der Waals surface area contributed by atoms with E-state index in [-0.39, 0.29) is 5.91 Å². The molecule has 0 saturated carbocycles. The van der Waals surface area contributed by atoms with Crippen LogP contribution in [0.3, 0.4) is 0 Å². The molecule has 0 bridgehead atoms. The number of benzene rings is 1. The zero-order chi connectivity index (χ0) is 13.0. The third kappa shape index (κ3) is 3.31. The van der Waals surface area contributed by atoms with Crippen LogP contribution < -0.4 is 5.32 Å². The Kier molecular flexibility index (Phi) is 4.26. The standard InChI is InChI=1S/C13H17NO3/c1-8-5-6-9(2)11(7-8)12(13(16)17-4)14-10(3)15/h5-7,12H,1-4H3,(H,14,15). The number of amides is 1. The first-order chi connectivity index (χ1) is 7.95. The summed E-state index contributed by atoms with van der Waals surface area (Å²) in [7, 11) is 1.31. The van der Waals surface area contributed by atoms with E-state index >= 15 is 0 Å². The minimum atomic E-state index is -0.739. The van der Waals surface area contributed by atoms with E-state index in [0.29, 0.717) is 0 Å². The van der Waals surface area contributed by atoms with Gasteiger partial charge in [-0.2, -0.15) is 0 Å². The van der Waals surface area contributed by atoms with E-state index in [9.17, 15) is 9.59 Å². The predicted octanol–water partition coefficient (Wildman–Crippen LogP) is 1.65. The highest BCUT2D eigenvalue weighted by molar-refractivity contribution is 5.84. The third-order valence-electron chi connectivity index (χ3n) is 2.53. The molecular formula is C13H17NO3. The van der Waals surface area contributed by atoms with Crippen molar-refractivity contribution >= 4 is 11.9 Å². The number of methoxy groups -OCH3 is 1. The first-order valence-electron chi connectivity index (χ1n) is 5.37. The van der Waals surface area contributed by atoms with E-state index in [1.54, 1.807) is 0 Å². The van der Waals surface area contributed by atoms with Gasteiger partial charge in [-0.1, -0.05) is 23.8 Å². The van der Waals surface area contributed by atoms with Crippen molar-refractivity contribution in [1.82, 2.24) is 5.32 Å². The lowest BCUT2D eigenvalue weighted by Gasteiger charge is -2.18. The number of hydrogen-bond acceptors (Lipinski definition) is 3. The van der Waals surface area contributed by atoms with Gasteiger partial charge >= 0.3 is 5.97 Å². The topological polar surface area (TPSA) is 55.4 Å². The zero-order valence-corrected chi connectivity index (χ0v) is 10.5. The number of hydrogen-bond donors (Lipinski definition) is 1. The van der Waals surface area contributed by atoms with Crippen molar-refractivity contribution in [3.63, 3.8) is 0 Å². The maximum atomic E-state index is 11.7. The Hall–Kier alpha value is -1.84. The van der Waals surface area contributed by atoms with Crippen molar-refractivity contribution in [2.24, 2.45) is 0 Å². The molecule has 1 unspecified atom stereocenters. The lowest BCUT2D eigenvalue weighted by atomic mass is 9.99. The molecule has 0 fully saturated rings. The van der Waals surface area contributed by atoms with Crippen molar-refractivity contribution in [3.8, 4) is 0 Å². The van der Waals surface area contributed by atoms with E-state index in [4.69, 9.17) is 4.74 Å². The van der Waals surface area contributed by atoms with E-state index in [2.05, 4.69) is 5.32 Å². The Bertz CT molecular complexity index is 440. The number of aryl methyl sites for hydroxylation is 2. The molecule has 0 spiro atoms. The van der Waals surface area contributed by atoms with Gasteiger partial charge in [0, 0.05) is 6.92 Å². The van der Waals surface area contributed by atoms with Gasteiger partial charge in [-0.15, -0.1) is 0 Å². The molecule has 0 aliphatic carbocycles. The highest BCUT2D eigenvalue weighted by Crippen LogP contribution is 2.20. The van der Waals surface area contributed by atoms with Crippen LogP contribution in [0.15, 0.2) is 18.2 Å². The van der Waals surface area contributed by atoms with Gasteiger partial charge < -0.3 is 10.1 Å². The third-order valence-corrected chi connectivity index (χ3v) is 2.53. The summed E-state index contributed by atoms with van der Waals surface area (Å²) in [6, 6.07) is 5.02. The van der Waals surface area contributed by atoms with Crippen LogP contribution in [0, 0.1) is 13.8 Å². The Balaban J connectivity index is 3.16. The van der Waals surface area contributed by atoms with Crippen LogP contribution in [0.2, 0.25) is 0 Å². The first-order valence-corrected chi connectivity index (χ1v) is 5.37. The number of nitrogens with one attached hydrogen (secondary N) is 1. The molecule has 0 aromatic heterocycles. The fraction of sp³-hybridized carbons (Fsp3) is 0.385. The second kappa shape index (κ2) is 5.48. The zero-order valence-electron chi connectivity index (χ0n) is 10.5. The molecule has 0 aliphatic rings. The van der Waals surface area contributed by atoms with E-state index in [1.165, 1.54) is 14.0 Å². The van der Waals surface area contributed by atoms with Gasteiger partial charge in [0.15, 0.2) is 6.04 Å². The van der Waals surface area contributed by atoms with E-state index < -0.39 is 12.0 Å². The summed E-state index contributed by atoms with van der Waals surface area (Å²) in [5.41, 5.74) is 2.75. The number of rotatable bonds is 3. The molecule has 1 atom stereocenters. The lowest BCUT2D eigenvalue weighted by molar-refractivity contribution is -0.145. The van der Waals surface area contributed by atoms with Crippen molar-refractivity contribution < 1.29 is 14.3 Å². The Morgan fingerprint density at radius 1 is 1.29 bits per heavy atom. The summed E-state index contributed by atoms with van der Waals surface area (Å²) in [4.78, 5) is 22.8. The predicted molar refractivity (Wildman–Crippen MR) is 64.5 cm³/mol. The van der Waals surface area contributed by atoms with Gasteiger partial charge in [0.25, 0.3) is 0 Å². The van der Waals surface area contributed by atoms with Crippen LogP contribution in [0.5, 0.6) is 0 Å². The molecule has 0 saturated heterocycles. The van der Waals surface area contributed by atoms with E-state index in [1.807, 2.05) is 32.0 Å². The van der Waals surface area contributed by atoms with Crippen molar-refractivity contribution in [1.29, 1.82) is 0 Å². The molecule has 1 N–H and O–H groups in total. The van der Waals surface area contributed by atoms with Crippen LogP contribution >= 0.6 is 0 Å². The molecule has 0 radical (unpaired) electrons. The van der Waals surface area contributed by atoms with Crippen molar-refractivity contribution in [2.45, 2.75) is 26.8 Å². The molecule has 1 aromatic rings. The normalized spacial score (nSPS) is 11.8. The smallest absolute Gasteiger partial charge is 0.333 e. The summed E-state index contributed by atoms with van der Waals surface area (Å²) in [6.07, 6.45) is 0. The number of carbonyl (C=O) groups is 2. The molecule has 17 heavy (non-hydrogen) atoms. The maximum absolute atomic E-state index is 11.7. The van der Waals surface area contributed by atoms with Gasteiger partial charge in [0.1, 0.15) is 0 Å². The fourth-order valence-corrected chi connectivity index (χ4v) is 1.66. The number of esters is 1. The van der Waals surface area contributed by atoms with E-state index in [0.717, 1.165) is 16.7 Å². The minimum absolute atomic E-state index is 0.263. The molecular weight excluding hydrogens is 218 g/mol. The highest BCUT2D eigenvalue weighted by atomic mass is 16.5. The Labute approximate surface area is 101 Å². The minimum Gasteiger partial charge on any atom is -0.467 e. The second-order valence-electron chi connectivity index (χ2n) is 4.02. The van der Waals surface area contributed by atoms with Crippen LogP contribution in [0.25, 0.3) is 0 Å². The monoisotopic (exact) mass is 235 g/mol. The SMILES string of the molecule is COC(=O)C(NC(C)=O)c1cc(C)ccc1C. The quantitative estimate of drug-likeness (QED) is 0.810. The first kappa shape index (κ1) is 13.2. The van der Waals surface area contributed by atoms with Gasteiger partial charge in [-0.05, 0) is 25.0 Å². The Morgan fingerprint density at radius 2 is 1.94 bits per heavy atom. The second-order valence-corrected chi connectivity index (χ2v) is 4.02. The van der Waals surface area contributed by atoms with Crippen molar-refractivity contribution in [3.05, 3.63) is 34.9 Å². The summed E-state index contributed by atoms with van der Waals surface area (Å²) < 4.78 is 4.71. The van der Waals surface area contributed by atoms with Gasteiger partial charge in [0.2, 0.25) is 5.91 Å². The molecule has 0 heterocycles.